The summed E-state index contributed by atoms with van der Waals surface area (Å²) in [6.45, 7) is 0. The summed E-state index contributed by atoms with van der Waals surface area (Å²) in [5.74, 6) is 0.487. The fourth-order valence-corrected chi connectivity index (χ4v) is 3.57. The molecule has 0 saturated heterocycles. The van der Waals surface area contributed by atoms with Gasteiger partial charge in [-0.05, 0) is 34.8 Å². The van der Waals surface area contributed by atoms with Crippen LogP contribution >= 0.6 is 11.5 Å². The second-order valence-corrected chi connectivity index (χ2v) is 6.32. The fraction of sp³-hybridized carbons (Fsp3) is 0.0500. The van der Waals surface area contributed by atoms with E-state index in [1.165, 1.54) is 17.6 Å². The Bertz CT molecular complexity index is 912. The number of rotatable bonds is 4. The zero-order chi connectivity index (χ0) is 16.4. The van der Waals surface area contributed by atoms with Gasteiger partial charge in [-0.3, -0.25) is 0 Å². The minimum absolute atomic E-state index is 0.0408. The normalized spacial score (nSPS) is 11.1. The summed E-state index contributed by atoms with van der Waals surface area (Å²) in [4.78, 5) is 0. The Balaban J connectivity index is 1.78. The molecular formula is C20H15FN2S. The van der Waals surface area contributed by atoms with Crippen molar-refractivity contribution in [1.29, 1.82) is 0 Å². The molecule has 1 heterocycles. The number of fused-ring (bicyclic) bond motifs is 1. The van der Waals surface area contributed by atoms with Crippen molar-refractivity contribution >= 4 is 27.4 Å². The van der Waals surface area contributed by atoms with Gasteiger partial charge in [0.25, 0.3) is 0 Å². The van der Waals surface area contributed by atoms with Gasteiger partial charge in [-0.1, -0.05) is 66.7 Å². The van der Waals surface area contributed by atoms with E-state index in [-0.39, 0.29) is 11.9 Å². The van der Waals surface area contributed by atoms with Crippen LogP contribution in [0.25, 0.3) is 10.1 Å². The van der Waals surface area contributed by atoms with E-state index in [0.29, 0.717) is 10.5 Å². The molecule has 2 nitrogen and oxygen atoms in total. The molecule has 0 saturated carbocycles. The SMILES string of the molecule is Fc1cccc2c(NC(c3ccccc3)c3ccccc3)nsc12. The predicted molar refractivity (Wildman–Crippen MR) is 97.9 cm³/mol. The summed E-state index contributed by atoms with van der Waals surface area (Å²) < 4.78 is 18.9. The fourth-order valence-electron chi connectivity index (χ4n) is 2.82. The van der Waals surface area contributed by atoms with Crippen molar-refractivity contribution in [3.05, 3.63) is 95.8 Å². The van der Waals surface area contributed by atoms with Crippen LogP contribution in [-0.2, 0) is 0 Å². The first-order valence-corrected chi connectivity index (χ1v) is 8.50. The molecule has 0 bridgehead atoms. The van der Waals surface area contributed by atoms with Gasteiger partial charge in [0.15, 0.2) is 0 Å². The maximum absolute atomic E-state index is 13.9. The van der Waals surface area contributed by atoms with Crippen molar-refractivity contribution in [2.45, 2.75) is 6.04 Å². The Hall–Kier alpha value is -2.72. The minimum Gasteiger partial charge on any atom is -0.358 e. The molecule has 1 aromatic heterocycles. The number of nitrogens with one attached hydrogen (secondary N) is 1. The van der Waals surface area contributed by atoms with Crippen LogP contribution in [-0.4, -0.2) is 4.37 Å². The molecule has 118 valence electrons. The van der Waals surface area contributed by atoms with Crippen LogP contribution in [0.4, 0.5) is 10.2 Å². The number of hydrogen-bond acceptors (Lipinski definition) is 3. The largest absolute Gasteiger partial charge is 0.358 e. The third kappa shape index (κ3) is 2.76. The van der Waals surface area contributed by atoms with Crippen molar-refractivity contribution < 1.29 is 4.39 Å². The van der Waals surface area contributed by atoms with Crippen LogP contribution in [0, 0.1) is 5.82 Å². The van der Waals surface area contributed by atoms with Gasteiger partial charge in [0.2, 0.25) is 0 Å². The van der Waals surface area contributed by atoms with Crippen LogP contribution in [0.1, 0.15) is 17.2 Å². The lowest BCUT2D eigenvalue weighted by molar-refractivity contribution is 0.642. The van der Waals surface area contributed by atoms with Crippen LogP contribution in [0.15, 0.2) is 78.9 Å². The molecule has 0 radical (unpaired) electrons. The van der Waals surface area contributed by atoms with Crippen LogP contribution in [0.5, 0.6) is 0 Å². The first-order valence-electron chi connectivity index (χ1n) is 7.73. The number of aromatic nitrogens is 1. The molecule has 0 unspecified atom stereocenters. The Morgan fingerprint density at radius 1 is 0.792 bits per heavy atom. The average molecular weight is 334 g/mol. The van der Waals surface area contributed by atoms with Gasteiger partial charge in [-0.2, -0.15) is 4.37 Å². The number of nitrogens with zero attached hydrogens (tertiary/aromatic N) is 1. The molecule has 4 heteroatoms. The van der Waals surface area contributed by atoms with Gasteiger partial charge >= 0.3 is 0 Å². The molecule has 4 aromatic rings. The molecule has 0 aliphatic heterocycles. The number of benzene rings is 3. The van der Waals surface area contributed by atoms with E-state index in [4.69, 9.17) is 0 Å². The Kier molecular flexibility index (Phi) is 3.97. The van der Waals surface area contributed by atoms with E-state index >= 15 is 0 Å². The van der Waals surface area contributed by atoms with E-state index < -0.39 is 0 Å². The van der Waals surface area contributed by atoms with Crippen LogP contribution in [0.2, 0.25) is 0 Å². The highest BCUT2D eigenvalue weighted by atomic mass is 32.1. The van der Waals surface area contributed by atoms with E-state index in [0.717, 1.165) is 16.5 Å². The summed E-state index contributed by atoms with van der Waals surface area (Å²) in [5, 5.41) is 4.31. The van der Waals surface area contributed by atoms with Gasteiger partial charge in [0.1, 0.15) is 11.6 Å². The zero-order valence-electron chi connectivity index (χ0n) is 12.8. The van der Waals surface area contributed by atoms with E-state index in [1.807, 2.05) is 42.5 Å². The quantitative estimate of drug-likeness (QED) is 0.522. The highest BCUT2D eigenvalue weighted by Crippen LogP contribution is 2.33. The number of halogens is 1. The van der Waals surface area contributed by atoms with Crippen molar-refractivity contribution in [2.75, 3.05) is 5.32 Å². The molecule has 1 N–H and O–H groups in total. The Labute approximate surface area is 143 Å². The van der Waals surface area contributed by atoms with Gasteiger partial charge in [0, 0.05) is 5.39 Å². The predicted octanol–water partition coefficient (Wildman–Crippen LogP) is 5.64. The second kappa shape index (κ2) is 6.42. The van der Waals surface area contributed by atoms with Crippen LogP contribution in [0.3, 0.4) is 0 Å². The van der Waals surface area contributed by atoms with Gasteiger partial charge in [-0.25, -0.2) is 4.39 Å². The smallest absolute Gasteiger partial charge is 0.148 e. The molecule has 3 aromatic carbocycles. The first kappa shape index (κ1) is 14.8. The third-order valence-corrected chi connectivity index (χ3v) is 4.87. The van der Waals surface area contributed by atoms with Crippen molar-refractivity contribution in [3.63, 3.8) is 0 Å². The maximum atomic E-state index is 13.9. The van der Waals surface area contributed by atoms with Crippen molar-refractivity contribution in [1.82, 2.24) is 4.37 Å². The van der Waals surface area contributed by atoms with Crippen molar-refractivity contribution in [2.24, 2.45) is 0 Å². The second-order valence-electron chi connectivity index (χ2n) is 5.55. The molecule has 0 atom stereocenters. The van der Waals surface area contributed by atoms with E-state index in [1.54, 1.807) is 6.07 Å². The van der Waals surface area contributed by atoms with Gasteiger partial charge in [0.05, 0.1) is 10.7 Å². The molecule has 0 amide bonds. The van der Waals surface area contributed by atoms with E-state index in [9.17, 15) is 4.39 Å². The van der Waals surface area contributed by atoms with Gasteiger partial charge in [-0.15, -0.1) is 0 Å². The first-order chi connectivity index (χ1) is 11.8. The van der Waals surface area contributed by atoms with Gasteiger partial charge < -0.3 is 5.32 Å². The molecular weight excluding hydrogens is 319 g/mol. The molecule has 0 spiro atoms. The molecule has 24 heavy (non-hydrogen) atoms. The highest BCUT2D eigenvalue weighted by Gasteiger charge is 2.17. The van der Waals surface area contributed by atoms with Crippen LogP contribution < -0.4 is 5.32 Å². The lowest BCUT2D eigenvalue weighted by atomic mass is 9.98. The number of anilines is 1. The highest BCUT2D eigenvalue weighted by molar-refractivity contribution is 7.13. The summed E-state index contributed by atoms with van der Waals surface area (Å²) in [6.07, 6.45) is 0. The summed E-state index contributed by atoms with van der Waals surface area (Å²) in [5.41, 5.74) is 2.28. The molecule has 4 rings (SSSR count). The average Bonchev–Trinajstić information content (AvgIpc) is 3.05. The Morgan fingerprint density at radius 2 is 1.42 bits per heavy atom. The zero-order valence-corrected chi connectivity index (χ0v) is 13.6. The summed E-state index contributed by atoms with van der Waals surface area (Å²) in [7, 11) is 0. The third-order valence-electron chi connectivity index (χ3n) is 4.00. The van der Waals surface area contributed by atoms with E-state index in [2.05, 4.69) is 34.0 Å². The monoisotopic (exact) mass is 334 g/mol. The lowest BCUT2D eigenvalue weighted by Gasteiger charge is -2.20. The maximum Gasteiger partial charge on any atom is 0.148 e. The minimum atomic E-state index is -0.228. The topological polar surface area (TPSA) is 24.9 Å². The summed E-state index contributed by atoms with van der Waals surface area (Å²) in [6, 6.07) is 25.5. The Morgan fingerprint density at radius 3 is 2.04 bits per heavy atom. The number of hydrogen-bond donors (Lipinski definition) is 1. The molecule has 0 fully saturated rings. The van der Waals surface area contributed by atoms with Crippen molar-refractivity contribution in [3.8, 4) is 0 Å². The lowest BCUT2D eigenvalue weighted by Crippen LogP contribution is -2.12. The summed E-state index contributed by atoms with van der Waals surface area (Å²) >= 11 is 1.19. The molecule has 0 aliphatic carbocycles. The molecule has 0 aliphatic rings. The standard InChI is InChI=1S/C20H15FN2S/c21-17-13-7-12-16-19(17)24-23-20(16)22-18(14-8-3-1-4-9-14)15-10-5-2-6-11-15/h1-13,18H,(H,22,23).